The first-order valence-corrected chi connectivity index (χ1v) is 8.18. The number of nitrogens with zero attached hydrogens (tertiary/aromatic N) is 1. The smallest absolute Gasteiger partial charge is 0.265 e. The van der Waals surface area contributed by atoms with Crippen LogP contribution in [0.5, 0.6) is 5.75 Å². The first kappa shape index (κ1) is 17.2. The van der Waals surface area contributed by atoms with Gasteiger partial charge in [-0.15, -0.1) is 0 Å². The number of benzene rings is 1. The van der Waals surface area contributed by atoms with Crippen molar-refractivity contribution in [2.75, 3.05) is 25.1 Å². The van der Waals surface area contributed by atoms with Crippen LogP contribution in [0.15, 0.2) is 24.3 Å². The van der Waals surface area contributed by atoms with Crippen molar-refractivity contribution < 1.29 is 9.53 Å². The molecule has 0 unspecified atom stereocenters. The second-order valence-corrected chi connectivity index (χ2v) is 6.82. The van der Waals surface area contributed by atoms with Gasteiger partial charge in [0.2, 0.25) is 0 Å². The summed E-state index contributed by atoms with van der Waals surface area (Å²) in [6, 6.07) is 7.03. The Balaban J connectivity index is 2.62. The van der Waals surface area contributed by atoms with Crippen molar-refractivity contribution in [1.29, 1.82) is 0 Å². The van der Waals surface area contributed by atoms with Crippen molar-refractivity contribution in [3.63, 3.8) is 0 Å². The predicted molar refractivity (Wildman–Crippen MR) is 86.8 cm³/mol. The third kappa shape index (κ3) is 5.25. The highest BCUT2D eigenvalue weighted by molar-refractivity contribution is 7.99. The molecule has 0 fully saturated rings. The molecule has 0 radical (unpaired) electrons. The number of likely N-dealkylation sites (N-methyl/N-ethyl adjacent to an activating group) is 1. The molecule has 1 aromatic carbocycles. The van der Waals surface area contributed by atoms with E-state index >= 15 is 0 Å². The van der Waals surface area contributed by atoms with Crippen molar-refractivity contribution >= 4 is 29.3 Å². The molecule has 0 bridgehead atoms. The van der Waals surface area contributed by atoms with E-state index in [1.165, 1.54) is 0 Å². The minimum Gasteiger partial charge on any atom is -0.478 e. The second kappa shape index (κ2) is 7.79. The van der Waals surface area contributed by atoms with Crippen LogP contribution in [-0.4, -0.2) is 41.5 Å². The number of hydrogen-bond donors (Lipinski definition) is 0. The number of thioether (sulfide) groups is 1. The highest BCUT2D eigenvalue weighted by atomic mass is 35.5. The van der Waals surface area contributed by atoms with Crippen LogP contribution in [0.1, 0.15) is 20.8 Å². The summed E-state index contributed by atoms with van der Waals surface area (Å²) in [5.74, 6) is 2.62. The van der Waals surface area contributed by atoms with Crippen LogP contribution in [0.3, 0.4) is 0 Å². The molecule has 0 heterocycles. The van der Waals surface area contributed by atoms with Crippen LogP contribution >= 0.6 is 23.4 Å². The summed E-state index contributed by atoms with van der Waals surface area (Å²) in [6.45, 7) is 6.41. The van der Waals surface area contributed by atoms with Crippen molar-refractivity contribution in [2.45, 2.75) is 26.4 Å². The van der Waals surface area contributed by atoms with E-state index in [9.17, 15) is 4.79 Å². The number of ether oxygens (including phenoxy) is 1. The van der Waals surface area contributed by atoms with Crippen molar-refractivity contribution in [3.8, 4) is 5.75 Å². The van der Waals surface area contributed by atoms with E-state index in [1.54, 1.807) is 43.0 Å². The predicted octanol–water partition coefficient (Wildman–Crippen LogP) is 3.71. The SMILES string of the molecule is CCSCCN(C)C(=O)C(C)(C)Oc1ccc(Cl)cc1. The number of rotatable bonds is 7. The molecule has 0 atom stereocenters. The molecular weight excluding hydrogens is 294 g/mol. The maximum Gasteiger partial charge on any atom is 0.265 e. The molecular formula is C15H22ClNO2S. The molecule has 0 spiro atoms. The van der Waals surface area contributed by atoms with E-state index in [2.05, 4.69) is 6.92 Å². The van der Waals surface area contributed by atoms with Crippen LogP contribution in [0, 0.1) is 0 Å². The maximum atomic E-state index is 12.4. The molecule has 5 heteroatoms. The Labute approximate surface area is 130 Å². The van der Waals surface area contributed by atoms with E-state index < -0.39 is 5.60 Å². The lowest BCUT2D eigenvalue weighted by Crippen LogP contribution is -2.48. The number of halogens is 1. The summed E-state index contributed by atoms with van der Waals surface area (Å²) in [6.07, 6.45) is 0. The van der Waals surface area contributed by atoms with Crippen LogP contribution < -0.4 is 4.74 Å². The van der Waals surface area contributed by atoms with Gasteiger partial charge in [0.05, 0.1) is 0 Å². The number of carbonyl (C=O) groups is 1. The van der Waals surface area contributed by atoms with Gasteiger partial charge in [0, 0.05) is 24.4 Å². The van der Waals surface area contributed by atoms with Gasteiger partial charge in [-0.1, -0.05) is 18.5 Å². The minimum absolute atomic E-state index is 0.0239. The van der Waals surface area contributed by atoms with Gasteiger partial charge in [-0.05, 0) is 43.9 Å². The van der Waals surface area contributed by atoms with Gasteiger partial charge in [-0.2, -0.15) is 11.8 Å². The van der Waals surface area contributed by atoms with Gasteiger partial charge in [-0.3, -0.25) is 4.79 Å². The summed E-state index contributed by atoms with van der Waals surface area (Å²) in [5, 5.41) is 0.648. The lowest BCUT2D eigenvalue weighted by molar-refractivity contribution is -0.143. The van der Waals surface area contributed by atoms with Crippen molar-refractivity contribution in [3.05, 3.63) is 29.3 Å². The molecule has 1 amide bonds. The highest BCUT2D eigenvalue weighted by Crippen LogP contribution is 2.22. The number of hydrogen-bond acceptors (Lipinski definition) is 3. The molecule has 0 aliphatic rings. The molecule has 3 nitrogen and oxygen atoms in total. The van der Waals surface area contributed by atoms with E-state index in [0.29, 0.717) is 10.8 Å². The number of carbonyl (C=O) groups excluding carboxylic acids is 1. The molecule has 0 saturated carbocycles. The molecule has 1 rings (SSSR count). The molecule has 112 valence electrons. The topological polar surface area (TPSA) is 29.5 Å². The monoisotopic (exact) mass is 315 g/mol. The van der Waals surface area contributed by atoms with E-state index in [0.717, 1.165) is 18.1 Å². The normalized spacial score (nSPS) is 11.2. The largest absolute Gasteiger partial charge is 0.478 e. The fourth-order valence-electron chi connectivity index (χ4n) is 1.75. The Morgan fingerprint density at radius 3 is 2.50 bits per heavy atom. The molecule has 20 heavy (non-hydrogen) atoms. The van der Waals surface area contributed by atoms with Gasteiger partial charge in [-0.25, -0.2) is 0 Å². The molecule has 0 N–H and O–H groups in total. The fourth-order valence-corrected chi connectivity index (χ4v) is 2.57. The number of amides is 1. The van der Waals surface area contributed by atoms with E-state index in [-0.39, 0.29) is 5.91 Å². The zero-order valence-electron chi connectivity index (χ0n) is 12.5. The Hall–Kier alpha value is -0.870. The third-order valence-electron chi connectivity index (χ3n) is 2.82. The van der Waals surface area contributed by atoms with Crippen LogP contribution in [0.4, 0.5) is 0 Å². The van der Waals surface area contributed by atoms with Crippen LogP contribution in [-0.2, 0) is 4.79 Å². The summed E-state index contributed by atoms with van der Waals surface area (Å²) in [7, 11) is 1.81. The lowest BCUT2D eigenvalue weighted by atomic mass is 10.1. The van der Waals surface area contributed by atoms with Gasteiger partial charge in [0.1, 0.15) is 5.75 Å². The first-order chi connectivity index (χ1) is 9.36. The Morgan fingerprint density at radius 1 is 1.35 bits per heavy atom. The highest BCUT2D eigenvalue weighted by Gasteiger charge is 2.32. The van der Waals surface area contributed by atoms with Gasteiger partial charge < -0.3 is 9.64 Å². The van der Waals surface area contributed by atoms with Crippen molar-refractivity contribution in [1.82, 2.24) is 4.90 Å². The fraction of sp³-hybridized carbons (Fsp3) is 0.533. The third-order valence-corrected chi connectivity index (χ3v) is 3.96. The minimum atomic E-state index is -0.889. The maximum absolute atomic E-state index is 12.4. The molecule has 0 saturated heterocycles. The van der Waals surface area contributed by atoms with Crippen LogP contribution in [0.25, 0.3) is 0 Å². The summed E-state index contributed by atoms with van der Waals surface area (Å²) in [4.78, 5) is 14.1. The molecule has 1 aromatic rings. The van der Waals surface area contributed by atoms with Crippen LogP contribution in [0.2, 0.25) is 5.02 Å². The average molecular weight is 316 g/mol. The Bertz CT molecular complexity index is 434. The van der Waals surface area contributed by atoms with Crippen molar-refractivity contribution in [2.24, 2.45) is 0 Å². The summed E-state index contributed by atoms with van der Waals surface area (Å²) < 4.78 is 5.79. The van der Waals surface area contributed by atoms with Gasteiger partial charge in [0.15, 0.2) is 5.60 Å². The second-order valence-electron chi connectivity index (χ2n) is 4.99. The van der Waals surface area contributed by atoms with E-state index in [1.807, 2.05) is 18.8 Å². The standard InChI is InChI=1S/C15H22ClNO2S/c1-5-20-11-10-17(4)14(18)15(2,3)19-13-8-6-12(16)7-9-13/h6-9H,5,10-11H2,1-4H3. The average Bonchev–Trinajstić information content (AvgIpc) is 2.40. The van der Waals surface area contributed by atoms with Gasteiger partial charge in [0.25, 0.3) is 5.91 Å². The quantitative estimate of drug-likeness (QED) is 0.718. The molecule has 0 aliphatic heterocycles. The zero-order valence-corrected chi connectivity index (χ0v) is 14.1. The lowest BCUT2D eigenvalue weighted by Gasteiger charge is -2.30. The Morgan fingerprint density at radius 2 is 1.95 bits per heavy atom. The first-order valence-electron chi connectivity index (χ1n) is 6.64. The van der Waals surface area contributed by atoms with Gasteiger partial charge >= 0.3 is 0 Å². The summed E-state index contributed by atoms with van der Waals surface area (Å²) in [5.41, 5.74) is -0.889. The summed E-state index contributed by atoms with van der Waals surface area (Å²) >= 11 is 7.65. The molecule has 0 aromatic heterocycles. The van der Waals surface area contributed by atoms with E-state index in [4.69, 9.17) is 16.3 Å². The Kier molecular flexibility index (Phi) is 6.69. The zero-order chi connectivity index (χ0) is 15.2. The molecule has 0 aliphatic carbocycles.